The second-order valence-corrected chi connectivity index (χ2v) is 6.71. The zero-order chi connectivity index (χ0) is 17.4. The number of nitrogens with zero attached hydrogens (tertiary/aromatic N) is 2. The molecule has 2 N–H and O–H groups in total. The fourth-order valence-corrected chi connectivity index (χ4v) is 3.33. The molecule has 0 aliphatic heterocycles. The Balaban J connectivity index is 2.01. The molecule has 0 spiro atoms. The van der Waals surface area contributed by atoms with E-state index in [0.29, 0.717) is 12.5 Å². The van der Waals surface area contributed by atoms with Crippen molar-refractivity contribution in [1.29, 1.82) is 0 Å². The minimum Gasteiger partial charge on any atom is -0.361 e. The number of aliphatic imine (C=N–C) groups is 1. The van der Waals surface area contributed by atoms with Crippen molar-refractivity contribution in [2.24, 2.45) is 4.99 Å². The third-order valence-corrected chi connectivity index (χ3v) is 5.05. The van der Waals surface area contributed by atoms with Crippen molar-refractivity contribution < 1.29 is 4.52 Å². The second kappa shape index (κ2) is 9.47. The summed E-state index contributed by atoms with van der Waals surface area (Å²) in [6.45, 7) is 10.8. The summed E-state index contributed by atoms with van der Waals surface area (Å²) in [6, 6.07) is 4.28. The van der Waals surface area contributed by atoms with Crippen molar-refractivity contribution in [2.45, 2.75) is 53.0 Å². The van der Waals surface area contributed by atoms with Gasteiger partial charge in [-0.3, -0.25) is 0 Å². The van der Waals surface area contributed by atoms with Crippen molar-refractivity contribution in [3.05, 3.63) is 39.4 Å². The van der Waals surface area contributed by atoms with E-state index in [9.17, 15) is 0 Å². The fraction of sp³-hybridized carbons (Fsp3) is 0.556. The van der Waals surface area contributed by atoms with E-state index in [1.165, 1.54) is 4.88 Å². The van der Waals surface area contributed by atoms with Crippen LogP contribution in [0, 0.1) is 0 Å². The molecule has 0 amide bonds. The highest BCUT2D eigenvalue weighted by Gasteiger charge is 2.13. The first-order valence-corrected chi connectivity index (χ1v) is 9.59. The van der Waals surface area contributed by atoms with Crippen molar-refractivity contribution >= 4 is 17.3 Å². The minimum atomic E-state index is 0.460. The van der Waals surface area contributed by atoms with Gasteiger partial charge in [0.05, 0.1) is 12.2 Å². The Morgan fingerprint density at radius 3 is 2.75 bits per heavy atom. The Bertz CT molecular complexity index is 612. The SMILES string of the molecule is CCNC(=NCc1c(CC)noc1CC)NCC(C)c1cccs1. The van der Waals surface area contributed by atoms with E-state index in [2.05, 4.69) is 61.0 Å². The van der Waals surface area contributed by atoms with Crippen LogP contribution in [-0.4, -0.2) is 24.2 Å². The Labute approximate surface area is 148 Å². The van der Waals surface area contributed by atoms with Crippen LogP contribution in [-0.2, 0) is 19.4 Å². The number of thiophene rings is 1. The molecule has 1 atom stereocenters. The van der Waals surface area contributed by atoms with E-state index in [-0.39, 0.29) is 0 Å². The number of aromatic nitrogens is 1. The molecule has 0 saturated heterocycles. The molecule has 0 bridgehead atoms. The average molecular weight is 349 g/mol. The summed E-state index contributed by atoms with van der Waals surface area (Å²) in [5, 5.41) is 13.0. The van der Waals surface area contributed by atoms with Crippen molar-refractivity contribution in [2.75, 3.05) is 13.1 Å². The summed E-state index contributed by atoms with van der Waals surface area (Å²) in [7, 11) is 0. The number of hydrogen-bond acceptors (Lipinski definition) is 4. The molecule has 5 nitrogen and oxygen atoms in total. The van der Waals surface area contributed by atoms with Gasteiger partial charge in [-0.05, 0) is 24.8 Å². The minimum absolute atomic E-state index is 0.460. The molecule has 0 saturated carbocycles. The molecule has 0 aliphatic rings. The summed E-state index contributed by atoms with van der Waals surface area (Å²) in [5.74, 6) is 2.24. The van der Waals surface area contributed by atoms with Gasteiger partial charge in [0.1, 0.15) is 5.76 Å². The first kappa shape index (κ1) is 18.5. The van der Waals surface area contributed by atoms with Crippen LogP contribution >= 0.6 is 11.3 Å². The zero-order valence-corrected chi connectivity index (χ0v) is 15.9. The average Bonchev–Trinajstić information content (AvgIpc) is 3.25. The van der Waals surface area contributed by atoms with Crippen LogP contribution in [0.15, 0.2) is 27.0 Å². The third-order valence-electron chi connectivity index (χ3n) is 3.95. The van der Waals surface area contributed by atoms with Gasteiger partial charge in [0, 0.05) is 35.9 Å². The molecule has 0 aromatic carbocycles. The predicted octanol–water partition coefficient (Wildman–Crippen LogP) is 3.72. The lowest BCUT2D eigenvalue weighted by molar-refractivity contribution is 0.380. The van der Waals surface area contributed by atoms with Crippen LogP contribution in [0.5, 0.6) is 0 Å². The molecule has 0 aliphatic carbocycles. The molecule has 24 heavy (non-hydrogen) atoms. The fourth-order valence-electron chi connectivity index (χ4n) is 2.54. The lowest BCUT2D eigenvalue weighted by Gasteiger charge is -2.15. The maximum absolute atomic E-state index is 5.42. The van der Waals surface area contributed by atoms with E-state index in [1.54, 1.807) is 11.3 Å². The number of rotatable bonds is 8. The van der Waals surface area contributed by atoms with E-state index < -0.39 is 0 Å². The molecule has 2 rings (SSSR count). The van der Waals surface area contributed by atoms with Crippen LogP contribution < -0.4 is 10.6 Å². The maximum atomic E-state index is 5.42. The van der Waals surface area contributed by atoms with Gasteiger partial charge in [-0.15, -0.1) is 11.3 Å². The van der Waals surface area contributed by atoms with Gasteiger partial charge in [0.25, 0.3) is 0 Å². The summed E-state index contributed by atoms with van der Waals surface area (Å²) in [6.07, 6.45) is 1.71. The van der Waals surface area contributed by atoms with Crippen molar-refractivity contribution in [3.8, 4) is 0 Å². The summed E-state index contributed by atoms with van der Waals surface area (Å²) >= 11 is 1.80. The summed E-state index contributed by atoms with van der Waals surface area (Å²) < 4.78 is 5.42. The first-order chi connectivity index (χ1) is 11.7. The van der Waals surface area contributed by atoms with Gasteiger partial charge in [0.15, 0.2) is 5.96 Å². The molecular formula is C18H28N4OS. The lowest BCUT2D eigenvalue weighted by atomic mass is 10.1. The number of aryl methyl sites for hydroxylation is 2. The normalized spacial score (nSPS) is 13.1. The van der Waals surface area contributed by atoms with Crippen LogP contribution in [0.4, 0.5) is 0 Å². The van der Waals surface area contributed by atoms with Gasteiger partial charge in [0.2, 0.25) is 0 Å². The molecule has 2 heterocycles. The highest BCUT2D eigenvalue weighted by molar-refractivity contribution is 7.10. The van der Waals surface area contributed by atoms with Crippen LogP contribution in [0.3, 0.4) is 0 Å². The molecular weight excluding hydrogens is 320 g/mol. The van der Waals surface area contributed by atoms with Gasteiger partial charge < -0.3 is 15.2 Å². The zero-order valence-electron chi connectivity index (χ0n) is 15.1. The van der Waals surface area contributed by atoms with Crippen LogP contribution in [0.1, 0.15) is 55.5 Å². The Morgan fingerprint density at radius 1 is 1.29 bits per heavy atom. The number of guanidine groups is 1. The summed E-state index contributed by atoms with van der Waals surface area (Å²) in [5.41, 5.74) is 2.14. The highest BCUT2D eigenvalue weighted by atomic mass is 32.1. The lowest BCUT2D eigenvalue weighted by Crippen LogP contribution is -2.39. The van der Waals surface area contributed by atoms with Gasteiger partial charge >= 0.3 is 0 Å². The first-order valence-electron chi connectivity index (χ1n) is 8.71. The number of nitrogens with one attached hydrogen (secondary N) is 2. The topological polar surface area (TPSA) is 62.5 Å². The molecule has 0 radical (unpaired) electrons. The van der Waals surface area contributed by atoms with E-state index in [4.69, 9.17) is 9.52 Å². The Kier molecular flexibility index (Phi) is 7.31. The van der Waals surface area contributed by atoms with Crippen LogP contribution in [0.2, 0.25) is 0 Å². The highest BCUT2D eigenvalue weighted by Crippen LogP contribution is 2.20. The maximum Gasteiger partial charge on any atom is 0.191 e. The summed E-state index contributed by atoms with van der Waals surface area (Å²) in [4.78, 5) is 6.11. The molecule has 6 heteroatoms. The standard InChI is InChI=1S/C18H28N4OS/c1-5-15-14(16(6-2)23-22-15)12-21-18(19-7-3)20-11-13(4)17-9-8-10-24-17/h8-10,13H,5-7,11-12H2,1-4H3,(H2,19,20,21). The van der Waals surface area contributed by atoms with Crippen molar-refractivity contribution in [1.82, 2.24) is 15.8 Å². The monoisotopic (exact) mass is 348 g/mol. The van der Waals surface area contributed by atoms with E-state index in [0.717, 1.165) is 48.9 Å². The molecule has 1 unspecified atom stereocenters. The van der Waals surface area contributed by atoms with Gasteiger partial charge in [-0.1, -0.05) is 32.0 Å². The largest absolute Gasteiger partial charge is 0.361 e. The Morgan fingerprint density at radius 2 is 2.12 bits per heavy atom. The van der Waals surface area contributed by atoms with E-state index >= 15 is 0 Å². The van der Waals surface area contributed by atoms with Gasteiger partial charge in [-0.2, -0.15) is 0 Å². The molecule has 2 aromatic heterocycles. The molecule has 2 aromatic rings. The molecule has 132 valence electrons. The van der Waals surface area contributed by atoms with E-state index in [1.807, 2.05) is 0 Å². The predicted molar refractivity (Wildman–Crippen MR) is 101 cm³/mol. The third kappa shape index (κ3) is 4.84. The molecule has 0 fully saturated rings. The van der Waals surface area contributed by atoms with Crippen molar-refractivity contribution in [3.63, 3.8) is 0 Å². The number of hydrogen-bond donors (Lipinski definition) is 2. The quantitative estimate of drug-likeness (QED) is 0.564. The second-order valence-electron chi connectivity index (χ2n) is 5.73. The van der Waals surface area contributed by atoms with Gasteiger partial charge in [-0.25, -0.2) is 4.99 Å². The smallest absolute Gasteiger partial charge is 0.191 e. The van der Waals surface area contributed by atoms with Crippen LogP contribution in [0.25, 0.3) is 0 Å². The Hall–Kier alpha value is -1.82.